The Morgan fingerprint density at radius 2 is 1.80 bits per heavy atom. The predicted molar refractivity (Wildman–Crippen MR) is 99.2 cm³/mol. The Morgan fingerprint density at radius 3 is 2.48 bits per heavy atom. The van der Waals surface area contributed by atoms with Crippen LogP contribution in [0.5, 0.6) is 5.75 Å². The number of ether oxygens (including phenoxy) is 1. The molecule has 0 aliphatic rings. The van der Waals surface area contributed by atoms with Gasteiger partial charge in [-0.1, -0.05) is 44.2 Å². The van der Waals surface area contributed by atoms with Crippen molar-refractivity contribution in [2.45, 2.75) is 27.3 Å². The number of fused-ring (bicyclic) bond motifs is 1. The van der Waals surface area contributed by atoms with Crippen LogP contribution in [-0.2, 0) is 6.54 Å². The molecule has 3 rings (SSSR count). The molecule has 1 aromatic heterocycles. The molecule has 0 N–H and O–H groups in total. The maximum absolute atomic E-state index is 12.8. The molecule has 25 heavy (non-hydrogen) atoms. The van der Waals surface area contributed by atoms with Crippen molar-refractivity contribution < 1.29 is 9.53 Å². The molecule has 0 spiro atoms. The van der Waals surface area contributed by atoms with Gasteiger partial charge in [-0.2, -0.15) is 0 Å². The summed E-state index contributed by atoms with van der Waals surface area (Å²) in [6.45, 7) is 6.56. The van der Waals surface area contributed by atoms with Gasteiger partial charge in [0.15, 0.2) is 0 Å². The lowest BCUT2D eigenvalue weighted by molar-refractivity contribution is 0.0735. The van der Waals surface area contributed by atoms with E-state index in [0.29, 0.717) is 34.5 Å². The van der Waals surface area contributed by atoms with E-state index < -0.39 is 5.97 Å². The van der Waals surface area contributed by atoms with E-state index in [1.165, 1.54) is 0 Å². The third-order valence-electron chi connectivity index (χ3n) is 3.98. The molecular formula is C21H21NO3. The van der Waals surface area contributed by atoms with Crippen molar-refractivity contribution in [2.75, 3.05) is 0 Å². The number of aryl methyl sites for hydroxylation is 1. The molecule has 0 fully saturated rings. The summed E-state index contributed by atoms with van der Waals surface area (Å²) in [6.07, 6.45) is 1.61. The molecule has 4 nitrogen and oxygen atoms in total. The summed E-state index contributed by atoms with van der Waals surface area (Å²) in [5.74, 6) is 0.328. The smallest absolute Gasteiger partial charge is 0.345 e. The molecule has 0 radical (unpaired) electrons. The number of esters is 1. The fourth-order valence-corrected chi connectivity index (χ4v) is 2.88. The highest BCUT2D eigenvalue weighted by atomic mass is 16.5. The van der Waals surface area contributed by atoms with Gasteiger partial charge < -0.3 is 9.30 Å². The van der Waals surface area contributed by atoms with E-state index in [2.05, 4.69) is 0 Å². The Balaban J connectivity index is 2.09. The van der Waals surface area contributed by atoms with Gasteiger partial charge in [0, 0.05) is 23.5 Å². The van der Waals surface area contributed by atoms with Crippen molar-refractivity contribution in [3.05, 3.63) is 76.2 Å². The molecule has 0 aliphatic carbocycles. The zero-order chi connectivity index (χ0) is 18.0. The fourth-order valence-electron chi connectivity index (χ4n) is 2.88. The number of carbonyl (C=O) groups excluding carboxylic acids is 1. The lowest BCUT2D eigenvalue weighted by Gasteiger charge is -2.13. The number of aromatic nitrogens is 1. The number of rotatable bonds is 4. The van der Waals surface area contributed by atoms with Crippen molar-refractivity contribution in [3.63, 3.8) is 0 Å². The Kier molecular flexibility index (Phi) is 4.70. The molecule has 3 aromatic rings. The van der Waals surface area contributed by atoms with E-state index >= 15 is 0 Å². The Labute approximate surface area is 146 Å². The SMILES string of the molecule is Cc1cccc(OC(=O)c2cn(CC(C)C)c(=O)c3ccccc23)c1. The van der Waals surface area contributed by atoms with Crippen molar-refractivity contribution in [2.24, 2.45) is 5.92 Å². The van der Waals surface area contributed by atoms with Crippen molar-refractivity contribution >= 4 is 16.7 Å². The Bertz CT molecular complexity index is 986. The lowest BCUT2D eigenvalue weighted by atomic mass is 10.1. The third-order valence-corrected chi connectivity index (χ3v) is 3.98. The van der Waals surface area contributed by atoms with Gasteiger partial charge in [-0.15, -0.1) is 0 Å². The normalized spacial score (nSPS) is 11.0. The average molecular weight is 335 g/mol. The first-order valence-electron chi connectivity index (χ1n) is 8.36. The van der Waals surface area contributed by atoms with Crippen LogP contribution in [0.4, 0.5) is 0 Å². The number of carbonyl (C=O) groups is 1. The summed E-state index contributed by atoms with van der Waals surface area (Å²) in [5, 5.41) is 1.15. The van der Waals surface area contributed by atoms with Crippen molar-refractivity contribution in [1.82, 2.24) is 4.57 Å². The van der Waals surface area contributed by atoms with E-state index in [9.17, 15) is 9.59 Å². The lowest BCUT2D eigenvalue weighted by Crippen LogP contribution is -2.25. The second-order valence-electron chi connectivity index (χ2n) is 6.65. The molecule has 0 atom stereocenters. The number of hydrogen-bond donors (Lipinski definition) is 0. The monoisotopic (exact) mass is 335 g/mol. The number of pyridine rings is 1. The molecule has 128 valence electrons. The van der Waals surface area contributed by atoms with Crippen LogP contribution in [-0.4, -0.2) is 10.5 Å². The summed E-state index contributed by atoms with van der Waals surface area (Å²) >= 11 is 0. The van der Waals surface area contributed by atoms with Gasteiger partial charge in [0.1, 0.15) is 5.75 Å². The van der Waals surface area contributed by atoms with Crippen LogP contribution in [0.25, 0.3) is 10.8 Å². The standard InChI is InChI=1S/C21H21NO3/c1-14(2)12-22-13-19(17-9-4-5-10-18(17)20(22)23)21(24)25-16-8-6-7-15(3)11-16/h4-11,13-14H,12H2,1-3H3. The predicted octanol–water partition coefficient (Wildman–Crippen LogP) is 4.19. The van der Waals surface area contributed by atoms with Gasteiger partial charge in [0.25, 0.3) is 5.56 Å². The van der Waals surface area contributed by atoms with Gasteiger partial charge in [-0.25, -0.2) is 4.79 Å². The molecule has 0 bridgehead atoms. The molecular weight excluding hydrogens is 314 g/mol. The van der Waals surface area contributed by atoms with Crippen molar-refractivity contribution in [1.29, 1.82) is 0 Å². The first-order valence-corrected chi connectivity index (χ1v) is 8.36. The van der Waals surface area contributed by atoms with E-state index in [0.717, 1.165) is 5.56 Å². The van der Waals surface area contributed by atoms with E-state index in [1.54, 1.807) is 35.0 Å². The van der Waals surface area contributed by atoms with Crippen molar-refractivity contribution in [3.8, 4) is 5.75 Å². The average Bonchev–Trinajstić information content (AvgIpc) is 2.57. The van der Waals surface area contributed by atoms with Crippen LogP contribution in [0, 0.1) is 12.8 Å². The van der Waals surface area contributed by atoms with Crippen LogP contribution in [0.1, 0.15) is 29.8 Å². The Morgan fingerprint density at radius 1 is 1.08 bits per heavy atom. The largest absolute Gasteiger partial charge is 0.423 e. The molecule has 2 aromatic carbocycles. The molecule has 1 heterocycles. The molecule has 0 amide bonds. The maximum Gasteiger partial charge on any atom is 0.345 e. The van der Waals surface area contributed by atoms with Crippen LogP contribution in [0.2, 0.25) is 0 Å². The second kappa shape index (κ2) is 6.93. The highest BCUT2D eigenvalue weighted by Crippen LogP contribution is 2.20. The first-order chi connectivity index (χ1) is 12.0. The third kappa shape index (κ3) is 3.63. The van der Waals surface area contributed by atoms with Gasteiger partial charge in [0.2, 0.25) is 0 Å². The summed E-state index contributed by atoms with van der Waals surface area (Å²) in [7, 11) is 0. The maximum atomic E-state index is 12.8. The molecule has 0 unspecified atom stereocenters. The van der Waals surface area contributed by atoms with E-state index in [1.807, 2.05) is 45.0 Å². The van der Waals surface area contributed by atoms with Gasteiger partial charge >= 0.3 is 5.97 Å². The zero-order valence-corrected chi connectivity index (χ0v) is 14.7. The Hall–Kier alpha value is -2.88. The number of benzene rings is 2. The van der Waals surface area contributed by atoms with Gasteiger partial charge in [-0.05, 0) is 36.6 Å². The van der Waals surface area contributed by atoms with Crippen LogP contribution >= 0.6 is 0 Å². The van der Waals surface area contributed by atoms with E-state index in [4.69, 9.17) is 4.74 Å². The fraction of sp³-hybridized carbons (Fsp3) is 0.238. The first kappa shape index (κ1) is 17.0. The molecule has 0 aliphatic heterocycles. The minimum atomic E-state index is -0.459. The summed E-state index contributed by atoms with van der Waals surface area (Å²) < 4.78 is 7.13. The van der Waals surface area contributed by atoms with Gasteiger partial charge in [-0.3, -0.25) is 4.79 Å². The summed E-state index contributed by atoms with van der Waals surface area (Å²) in [4.78, 5) is 25.4. The summed E-state index contributed by atoms with van der Waals surface area (Å²) in [6, 6.07) is 14.5. The highest BCUT2D eigenvalue weighted by molar-refractivity contribution is 6.04. The number of nitrogens with zero attached hydrogens (tertiary/aromatic N) is 1. The zero-order valence-electron chi connectivity index (χ0n) is 14.7. The molecule has 0 saturated heterocycles. The van der Waals surface area contributed by atoms with Crippen LogP contribution < -0.4 is 10.3 Å². The topological polar surface area (TPSA) is 48.3 Å². The van der Waals surface area contributed by atoms with E-state index in [-0.39, 0.29) is 5.56 Å². The minimum absolute atomic E-state index is 0.0867. The second-order valence-corrected chi connectivity index (χ2v) is 6.65. The number of hydrogen-bond acceptors (Lipinski definition) is 3. The minimum Gasteiger partial charge on any atom is -0.423 e. The molecule has 0 saturated carbocycles. The van der Waals surface area contributed by atoms with Crippen LogP contribution in [0.3, 0.4) is 0 Å². The molecule has 4 heteroatoms. The highest BCUT2D eigenvalue weighted by Gasteiger charge is 2.17. The summed E-state index contributed by atoms with van der Waals surface area (Å²) in [5.41, 5.74) is 1.33. The van der Waals surface area contributed by atoms with Gasteiger partial charge in [0.05, 0.1) is 5.56 Å². The van der Waals surface area contributed by atoms with Crippen LogP contribution in [0.15, 0.2) is 59.5 Å². The quantitative estimate of drug-likeness (QED) is 0.531.